The number of ether oxygens (including phenoxy) is 1. The fraction of sp³-hybridized carbons (Fsp3) is 0.500. The quantitative estimate of drug-likeness (QED) is 0.820. The summed E-state index contributed by atoms with van der Waals surface area (Å²) in [5.74, 6) is -0.323. The minimum atomic E-state index is -0.255. The minimum Gasteiger partial charge on any atom is -0.379 e. The molecular weight excluding hydrogens is 295 g/mol. The van der Waals surface area contributed by atoms with Crippen molar-refractivity contribution in [1.82, 2.24) is 10.2 Å². The van der Waals surface area contributed by atoms with Gasteiger partial charge < -0.3 is 10.1 Å². The monoisotopic (exact) mass is 320 g/mol. The van der Waals surface area contributed by atoms with Gasteiger partial charge in [0, 0.05) is 25.2 Å². The first-order chi connectivity index (χ1) is 11.1. The largest absolute Gasteiger partial charge is 0.379 e. The predicted molar refractivity (Wildman–Crippen MR) is 88.6 cm³/mol. The van der Waals surface area contributed by atoms with Crippen molar-refractivity contribution < 1.29 is 13.9 Å². The van der Waals surface area contributed by atoms with Gasteiger partial charge in [-0.1, -0.05) is 25.1 Å². The topological polar surface area (TPSA) is 41.6 Å². The number of rotatable bonds is 6. The lowest BCUT2D eigenvalue weighted by molar-refractivity contribution is -0.117. The zero-order valence-corrected chi connectivity index (χ0v) is 13.8. The Morgan fingerprint density at radius 3 is 2.83 bits per heavy atom. The van der Waals surface area contributed by atoms with Gasteiger partial charge in [0.15, 0.2) is 0 Å². The standard InChI is InChI=1S/C18H25FN2O2/c1-3-5-14(2)18(22)20-13-17(21-8-10-23-11-9-21)15-6-4-7-16(19)12-15/h4-7,12,17H,3,8-11,13H2,1-2H3,(H,20,22)/b14-5+. The van der Waals surface area contributed by atoms with Crippen molar-refractivity contribution in [3.05, 3.63) is 47.3 Å². The molecule has 4 nitrogen and oxygen atoms in total. The van der Waals surface area contributed by atoms with Crippen LogP contribution in [0.25, 0.3) is 0 Å². The molecule has 1 aromatic rings. The fourth-order valence-electron chi connectivity index (χ4n) is 2.79. The van der Waals surface area contributed by atoms with Crippen molar-refractivity contribution in [2.24, 2.45) is 0 Å². The molecule has 1 aliphatic rings. The van der Waals surface area contributed by atoms with Crippen LogP contribution >= 0.6 is 0 Å². The number of morpholine rings is 1. The van der Waals surface area contributed by atoms with E-state index in [2.05, 4.69) is 10.2 Å². The van der Waals surface area contributed by atoms with Crippen LogP contribution in [-0.4, -0.2) is 43.7 Å². The van der Waals surface area contributed by atoms with Gasteiger partial charge >= 0.3 is 0 Å². The number of benzene rings is 1. The number of allylic oxidation sites excluding steroid dienone is 1. The van der Waals surface area contributed by atoms with E-state index in [0.717, 1.165) is 25.1 Å². The maximum Gasteiger partial charge on any atom is 0.246 e. The summed E-state index contributed by atoms with van der Waals surface area (Å²) in [6.45, 7) is 7.15. The molecule has 0 radical (unpaired) electrons. The summed E-state index contributed by atoms with van der Waals surface area (Å²) < 4.78 is 19.0. The van der Waals surface area contributed by atoms with E-state index in [4.69, 9.17) is 4.74 Å². The zero-order valence-electron chi connectivity index (χ0n) is 13.8. The number of nitrogens with one attached hydrogen (secondary N) is 1. The lowest BCUT2D eigenvalue weighted by Gasteiger charge is -2.35. The summed E-state index contributed by atoms with van der Waals surface area (Å²) in [4.78, 5) is 14.4. The van der Waals surface area contributed by atoms with Crippen molar-refractivity contribution in [2.45, 2.75) is 26.3 Å². The van der Waals surface area contributed by atoms with E-state index in [0.29, 0.717) is 25.3 Å². The van der Waals surface area contributed by atoms with Gasteiger partial charge in [-0.2, -0.15) is 0 Å². The third-order valence-electron chi connectivity index (χ3n) is 4.04. The highest BCUT2D eigenvalue weighted by Crippen LogP contribution is 2.22. The first-order valence-electron chi connectivity index (χ1n) is 8.14. The molecule has 1 aromatic carbocycles. The number of hydrogen-bond donors (Lipinski definition) is 1. The van der Waals surface area contributed by atoms with Crippen LogP contribution in [0.1, 0.15) is 31.9 Å². The molecule has 1 aliphatic heterocycles. The van der Waals surface area contributed by atoms with Crippen LogP contribution in [0.5, 0.6) is 0 Å². The lowest BCUT2D eigenvalue weighted by atomic mass is 10.0. The molecule has 1 atom stereocenters. The highest BCUT2D eigenvalue weighted by Gasteiger charge is 2.23. The number of carbonyl (C=O) groups is 1. The summed E-state index contributed by atoms with van der Waals surface area (Å²) >= 11 is 0. The molecule has 1 unspecified atom stereocenters. The van der Waals surface area contributed by atoms with E-state index >= 15 is 0 Å². The molecular formula is C18H25FN2O2. The molecule has 5 heteroatoms. The van der Waals surface area contributed by atoms with Crippen LogP contribution in [0.3, 0.4) is 0 Å². The molecule has 23 heavy (non-hydrogen) atoms. The molecule has 1 fully saturated rings. The Morgan fingerprint density at radius 2 is 2.17 bits per heavy atom. The number of nitrogens with zero attached hydrogens (tertiary/aromatic N) is 1. The fourth-order valence-corrected chi connectivity index (χ4v) is 2.79. The predicted octanol–water partition coefficient (Wildman–Crippen LogP) is 2.67. The maximum atomic E-state index is 13.6. The minimum absolute atomic E-state index is 0.0482. The summed E-state index contributed by atoms with van der Waals surface area (Å²) in [6.07, 6.45) is 2.73. The SMILES string of the molecule is CC/C=C(\C)C(=O)NCC(c1cccc(F)c1)N1CCOCC1. The molecule has 0 saturated carbocycles. The molecule has 0 bridgehead atoms. The van der Waals surface area contributed by atoms with Crippen LogP contribution in [-0.2, 0) is 9.53 Å². The van der Waals surface area contributed by atoms with Crippen molar-refractivity contribution in [3.8, 4) is 0 Å². The number of halogens is 1. The molecule has 0 aromatic heterocycles. The second-order valence-corrected chi connectivity index (χ2v) is 5.72. The second-order valence-electron chi connectivity index (χ2n) is 5.72. The van der Waals surface area contributed by atoms with Gasteiger partial charge in [0.05, 0.1) is 19.3 Å². The maximum absolute atomic E-state index is 13.6. The molecule has 2 rings (SSSR count). The number of carbonyl (C=O) groups excluding carboxylic acids is 1. The summed E-state index contributed by atoms with van der Waals surface area (Å²) in [6, 6.07) is 6.55. The van der Waals surface area contributed by atoms with E-state index in [9.17, 15) is 9.18 Å². The van der Waals surface area contributed by atoms with Gasteiger partial charge in [-0.3, -0.25) is 9.69 Å². The van der Waals surface area contributed by atoms with Gasteiger partial charge in [0.2, 0.25) is 5.91 Å². The summed E-state index contributed by atoms with van der Waals surface area (Å²) in [5.41, 5.74) is 1.59. The molecule has 1 heterocycles. The normalized spacial score (nSPS) is 17.8. The number of amides is 1. The van der Waals surface area contributed by atoms with Crippen LogP contribution in [0.15, 0.2) is 35.9 Å². The van der Waals surface area contributed by atoms with E-state index < -0.39 is 0 Å². The summed E-state index contributed by atoms with van der Waals surface area (Å²) in [5, 5.41) is 2.97. The molecule has 0 aliphatic carbocycles. The Kier molecular flexibility index (Phi) is 6.74. The third kappa shape index (κ3) is 5.15. The molecule has 1 saturated heterocycles. The Balaban J connectivity index is 2.10. The average Bonchev–Trinajstić information content (AvgIpc) is 2.56. The van der Waals surface area contributed by atoms with E-state index in [1.807, 2.05) is 26.0 Å². The highest BCUT2D eigenvalue weighted by molar-refractivity contribution is 5.92. The molecule has 1 N–H and O–H groups in total. The Morgan fingerprint density at radius 1 is 1.43 bits per heavy atom. The van der Waals surface area contributed by atoms with Gasteiger partial charge in [-0.15, -0.1) is 0 Å². The molecule has 0 spiro atoms. The van der Waals surface area contributed by atoms with Gasteiger partial charge in [0.25, 0.3) is 0 Å². The van der Waals surface area contributed by atoms with Crippen LogP contribution in [0.2, 0.25) is 0 Å². The van der Waals surface area contributed by atoms with Crippen molar-refractivity contribution in [2.75, 3.05) is 32.8 Å². The van der Waals surface area contributed by atoms with E-state index in [-0.39, 0.29) is 17.8 Å². The lowest BCUT2D eigenvalue weighted by Crippen LogP contribution is -2.44. The van der Waals surface area contributed by atoms with E-state index in [1.165, 1.54) is 6.07 Å². The van der Waals surface area contributed by atoms with Gasteiger partial charge in [-0.25, -0.2) is 4.39 Å². The Hall–Kier alpha value is -1.72. The van der Waals surface area contributed by atoms with Crippen molar-refractivity contribution >= 4 is 5.91 Å². The van der Waals surface area contributed by atoms with Gasteiger partial charge in [-0.05, 0) is 31.0 Å². The molecule has 126 valence electrons. The van der Waals surface area contributed by atoms with E-state index in [1.54, 1.807) is 12.1 Å². The summed E-state index contributed by atoms with van der Waals surface area (Å²) in [7, 11) is 0. The Labute approximate surface area is 137 Å². The van der Waals surface area contributed by atoms with Crippen LogP contribution in [0.4, 0.5) is 4.39 Å². The number of hydrogen-bond acceptors (Lipinski definition) is 3. The van der Waals surface area contributed by atoms with Crippen LogP contribution in [0, 0.1) is 5.82 Å². The average molecular weight is 320 g/mol. The second kappa shape index (κ2) is 8.79. The first-order valence-corrected chi connectivity index (χ1v) is 8.14. The smallest absolute Gasteiger partial charge is 0.246 e. The Bertz CT molecular complexity index is 554. The first kappa shape index (κ1) is 17.6. The molecule has 1 amide bonds. The van der Waals surface area contributed by atoms with Crippen LogP contribution < -0.4 is 5.32 Å². The highest BCUT2D eigenvalue weighted by atomic mass is 19.1. The van der Waals surface area contributed by atoms with Crippen molar-refractivity contribution in [3.63, 3.8) is 0 Å². The zero-order chi connectivity index (χ0) is 16.7. The third-order valence-corrected chi connectivity index (χ3v) is 4.04. The van der Waals surface area contributed by atoms with Crippen molar-refractivity contribution in [1.29, 1.82) is 0 Å². The van der Waals surface area contributed by atoms with Gasteiger partial charge in [0.1, 0.15) is 5.82 Å².